The number of aromatic hydroxyl groups is 1. The maximum Gasteiger partial charge on any atom is 0.119 e. The van der Waals surface area contributed by atoms with Crippen LogP contribution in [0.4, 0.5) is 0 Å². The summed E-state index contributed by atoms with van der Waals surface area (Å²) < 4.78 is 0. The normalized spacial score (nSPS) is 9.69. The molecule has 1 aromatic heterocycles. The molecule has 2 rings (SSSR count). The molecular weight excluding hydrogens is 220 g/mol. The molecule has 78 valence electrons. The summed E-state index contributed by atoms with van der Waals surface area (Å²) in [7, 11) is 0. The molecule has 0 unspecified atom stereocenters. The van der Waals surface area contributed by atoms with Crippen molar-refractivity contribution in [2.75, 3.05) is 0 Å². The first-order valence-corrected chi connectivity index (χ1v) is 5.43. The molecule has 0 bridgehead atoms. The lowest BCUT2D eigenvalue weighted by Gasteiger charge is -2.02. The minimum atomic E-state index is 0.208. The molecule has 0 aliphatic carbocycles. The predicted octanol–water partition coefficient (Wildman–Crippen LogP) is 2.81. The van der Waals surface area contributed by atoms with Gasteiger partial charge in [0.1, 0.15) is 16.8 Å². The van der Waals surface area contributed by atoms with Gasteiger partial charge in [0.2, 0.25) is 0 Å². The second-order valence-corrected chi connectivity index (χ2v) is 4.13. The first-order chi connectivity index (χ1) is 7.79. The number of pyridine rings is 1. The zero-order valence-corrected chi connectivity index (χ0v) is 9.11. The minimum absolute atomic E-state index is 0.208. The third kappa shape index (κ3) is 2.33. The number of aromatic nitrogens is 1. The van der Waals surface area contributed by atoms with Gasteiger partial charge in [0.25, 0.3) is 0 Å². The lowest BCUT2D eigenvalue weighted by molar-refractivity contribution is 0.474. The smallest absolute Gasteiger partial charge is 0.119 e. The average Bonchev–Trinajstić information content (AvgIpc) is 2.30. The van der Waals surface area contributed by atoms with Crippen molar-refractivity contribution in [1.29, 1.82) is 5.26 Å². The summed E-state index contributed by atoms with van der Waals surface area (Å²) in [6.07, 6.45) is 1.64. The van der Waals surface area contributed by atoms with E-state index in [1.807, 2.05) is 6.07 Å². The number of phenols is 1. The number of hydrogen-bond acceptors (Lipinski definition) is 4. The Hall–Kier alpha value is -1.99. The van der Waals surface area contributed by atoms with Gasteiger partial charge in [-0.2, -0.15) is 5.26 Å². The number of nitrogens with zero attached hydrogens (tertiary/aromatic N) is 2. The summed E-state index contributed by atoms with van der Waals surface area (Å²) in [5, 5.41) is 18.9. The predicted molar refractivity (Wildman–Crippen MR) is 61.2 cm³/mol. The van der Waals surface area contributed by atoms with Crippen LogP contribution in [0.1, 0.15) is 5.56 Å². The highest BCUT2D eigenvalue weighted by Crippen LogP contribution is 2.29. The van der Waals surface area contributed by atoms with Crippen molar-refractivity contribution in [1.82, 2.24) is 4.98 Å². The first-order valence-electron chi connectivity index (χ1n) is 4.61. The average molecular weight is 228 g/mol. The molecule has 0 spiro atoms. The highest BCUT2D eigenvalue weighted by atomic mass is 32.2. The number of rotatable bonds is 2. The van der Waals surface area contributed by atoms with Gasteiger partial charge in [-0.1, -0.05) is 17.8 Å². The number of hydrogen-bond donors (Lipinski definition) is 1. The van der Waals surface area contributed by atoms with Gasteiger partial charge in [-0.15, -0.1) is 0 Å². The van der Waals surface area contributed by atoms with Crippen LogP contribution in [0.3, 0.4) is 0 Å². The fourth-order valence-corrected chi connectivity index (χ4v) is 2.10. The molecular formula is C12H8N2OS. The summed E-state index contributed by atoms with van der Waals surface area (Å²) >= 11 is 1.36. The first kappa shape index (κ1) is 10.5. The van der Waals surface area contributed by atoms with Gasteiger partial charge in [-0.3, -0.25) is 0 Å². The fourth-order valence-electron chi connectivity index (χ4n) is 1.22. The maximum atomic E-state index is 9.32. The number of benzene rings is 1. The zero-order valence-electron chi connectivity index (χ0n) is 8.29. The highest BCUT2D eigenvalue weighted by molar-refractivity contribution is 7.99. The standard InChI is InChI=1S/C12H8N2OS/c13-8-9-3-2-6-14-12(9)16-11-5-1-4-10(15)7-11/h1-7,15H. The third-order valence-electron chi connectivity index (χ3n) is 1.92. The second kappa shape index (κ2) is 4.69. The maximum absolute atomic E-state index is 9.32. The third-order valence-corrected chi connectivity index (χ3v) is 2.93. The molecule has 1 aromatic carbocycles. The van der Waals surface area contributed by atoms with Crippen LogP contribution in [0.25, 0.3) is 0 Å². The quantitative estimate of drug-likeness (QED) is 0.858. The molecule has 1 heterocycles. The van der Waals surface area contributed by atoms with E-state index in [0.29, 0.717) is 10.6 Å². The minimum Gasteiger partial charge on any atom is -0.508 e. The van der Waals surface area contributed by atoms with Crippen LogP contribution in [-0.4, -0.2) is 10.1 Å². The van der Waals surface area contributed by atoms with E-state index < -0.39 is 0 Å². The molecule has 0 saturated carbocycles. The Labute approximate surface area is 97.4 Å². The lowest BCUT2D eigenvalue weighted by Crippen LogP contribution is -1.84. The molecule has 3 nitrogen and oxygen atoms in total. The van der Waals surface area contributed by atoms with Crippen molar-refractivity contribution in [3.63, 3.8) is 0 Å². The Morgan fingerprint density at radius 1 is 1.25 bits per heavy atom. The van der Waals surface area contributed by atoms with Gasteiger partial charge < -0.3 is 5.11 Å². The van der Waals surface area contributed by atoms with Crippen molar-refractivity contribution in [3.8, 4) is 11.8 Å². The van der Waals surface area contributed by atoms with Gasteiger partial charge in [0.15, 0.2) is 0 Å². The van der Waals surface area contributed by atoms with Gasteiger partial charge in [0.05, 0.1) is 5.56 Å². The fraction of sp³-hybridized carbons (Fsp3) is 0. The van der Waals surface area contributed by atoms with Crippen molar-refractivity contribution < 1.29 is 5.11 Å². The Kier molecular flexibility index (Phi) is 3.08. The van der Waals surface area contributed by atoms with Gasteiger partial charge in [0, 0.05) is 11.1 Å². The summed E-state index contributed by atoms with van der Waals surface area (Å²) in [6.45, 7) is 0. The molecule has 0 fully saturated rings. The Bertz CT molecular complexity index is 549. The molecule has 0 aliphatic heterocycles. The van der Waals surface area contributed by atoms with Gasteiger partial charge in [-0.05, 0) is 30.3 Å². The van der Waals surface area contributed by atoms with E-state index in [0.717, 1.165) is 4.90 Å². The van der Waals surface area contributed by atoms with Crippen LogP contribution in [0, 0.1) is 11.3 Å². The Morgan fingerprint density at radius 2 is 2.12 bits per heavy atom. The van der Waals surface area contributed by atoms with Gasteiger partial charge >= 0.3 is 0 Å². The van der Waals surface area contributed by atoms with E-state index in [4.69, 9.17) is 5.26 Å². The molecule has 0 saturated heterocycles. The van der Waals surface area contributed by atoms with E-state index >= 15 is 0 Å². The van der Waals surface area contributed by atoms with Crippen LogP contribution >= 0.6 is 11.8 Å². The summed E-state index contributed by atoms with van der Waals surface area (Å²) in [6, 6.07) is 12.4. The highest BCUT2D eigenvalue weighted by Gasteiger charge is 2.04. The van der Waals surface area contributed by atoms with Crippen LogP contribution in [0.2, 0.25) is 0 Å². The molecule has 2 aromatic rings. The van der Waals surface area contributed by atoms with Crippen molar-refractivity contribution in [2.24, 2.45) is 0 Å². The van der Waals surface area contributed by atoms with E-state index in [-0.39, 0.29) is 5.75 Å². The summed E-state index contributed by atoms with van der Waals surface area (Å²) in [5.41, 5.74) is 0.538. The molecule has 0 amide bonds. The van der Waals surface area contributed by atoms with Crippen molar-refractivity contribution in [2.45, 2.75) is 9.92 Å². The number of phenolic OH excluding ortho intramolecular Hbond substituents is 1. The molecule has 0 atom stereocenters. The topological polar surface area (TPSA) is 56.9 Å². The zero-order chi connectivity index (χ0) is 11.4. The second-order valence-electron chi connectivity index (χ2n) is 3.07. The Balaban J connectivity index is 2.31. The number of nitriles is 1. The monoisotopic (exact) mass is 228 g/mol. The molecule has 1 N–H and O–H groups in total. The van der Waals surface area contributed by atoms with Crippen LogP contribution in [0.5, 0.6) is 5.75 Å². The SMILES string of the molecule is N#Cc1cccnc1Sc1cccc(O)c1. The lowest BCUT2D eigenvalue weighted by atomic mass is 10.3. The van der Waals surface area contributed by atoms with Crippen molar-refractivity contribution in [3.05, 3.63) is 48.2 Å². The van der Waals surface area contributed by atoms with E-state index in [1.165, 1.54) is 11.8 Å². The molecule has 0 radical (unpaired) electrons. The Morgan fingerprint density at radius 3 is 2.88 bits per heavy atom. The summed E-state index contributed by atoms with van der Waals surface area (Å²) in [5.74, 6) is 0.208. The largest absolute Gasteiger partial charge is 0.508 e. The molecule has 4 heteroatoms. The van der Waals surface area contributed by atoms with Crippen LogP contribution < -0.4 is 0 Å². The van der Waals surface area contributed by atoms with E-state index in [2.05, 4.69) is 11.1 Å². The molecule has 0 aliphatic rings. The summed E-state index contributed by atoms with van der Waals surface area (Å²) in [4.78, 5) is 4.99. The van der Waals surface area contributed by atoms with Crippen LogP contribution in [-0.2, 0) is 0 Å². The molecule has 16 heavy (non-hydrogen) atoms. The van der Waals surface area contributed by atoms with E-state index in [9.17, 15) is 5.11 Å². The van der Waals surface area contributed by atoms with Crippen molar-refractivity contribution >= 4 is 11.8 Å². The van der Waals surface area contributed by atoms with Crippen LogP contribution in [0.15, 0.2) is 52.5 Å². The van der Waals surface area contributed by atoms with Gasteiger partial charge in [-0.25, -0.2) is 4.98 Å². The van der Waals surface area contributed by atoms with E-state index in [1.54, 1.807) is 36.5 Å².